The fraction of sp³-hybridized carbons (Fsp3) is 0.222. The molecule has 0 spiro atoms. The molecule has 2 aromatic rings. The van der Waals surface area contributed by atoms with Crippen LogP contribution < -0.4 is 16.0 Å². The van der Waals surface area contributed by atoms with Crippen molar-refractivity contribution in [3.8, 4) is 6.07 Å². The molecule has 2 rings (SSSR count). The fourth-order valence-electron chi connectivity index (χ4n) is 2.12. The highest BCUT2D eigenvalue weighted by Gasteiger charge is 2.04. The van der Waals surface area contributed by atoms with Crippen molar-refractivity contribution >= 4 is 18.3 Å². The predicted octanol–water partition coefficient (Wildman–Crippen LogP) is 1.03. The maximum atomic E-state index is 9.26. The molecular formula is C18H20N4O. The van der Waals surface area contributed by atoms with Crippen molar-refractivity contribution in [1.29, 1.82) is 5.26 Å². The molecule has 0 aliphatic rings. The third kappa shape index (κ3) is 3.87. The first-order chi connectivity index (χ1) is 11.1. The first kappa shape index (κ1) is 16.5. The summed E-state index contributed by atoms with van der Waals surface area (Å²) in [4.78, 5) is 4.57. The Bertz CT molecular complexity index is 854. The number of allylic oxidation sites excluding steroid dienone is 1. The lowest BCUT2D eigenvalue weighted by Gasteiger charge is -2.06. The SMILES string of the molecule is C=c1/c(=C\C(=C/C)CO)nc(CNc2ccc(C#N)cc2)n1C. The minimum atomic E-state index is -0.0225. The number of hydrogen-bond donors (Lipinski definition) is 2. The molecule has 118 valence electrons. The largest absolute Gasteiger partial charge is 0.392 e. The van der Waals surface area contributed by atoms with Crippen LogP contribution in [0.25, 0.3) is 12.7 Å². The summed E-state index contributed by atoms with van der Waals surface area (Å²) in [7, 11) is 1.91. The molecule has 1 heterocycles. The van der Waals surface area contributed by atoms with Gasteiger partial charge in [0, 0.05) is 12.7 Å². The smallest absolute Gasteiger partial charge is 0.128 e. The van der Waals surface area contributed by atoms with E-state index in [4.69, 9.17) is 5.26 Å². The van der Waals surface area contributed by atoms with E-state index in [1.165, 1.54) is 0 Å². The molecule has 0 aliphatic carbocycles. The molecule has 23 heavy (non-hydrogen) atoms. The first-order valence-electron chi connectivity index (χ1n) is 7.31. The van der Waals surface area contributed by atoms with Crippen molar-refractivity contribution in [2.24, 2.45) is 7.05 Å². The number of aliphatic hydroxyl groups is 1. The van der Waals surface area contributed by atoms with E-state index in [2.05, 4.69) is 22.9 Å². The van der Waals surface area contributed by atoms with E-state index in [1.807, 2.05) is 42.8 Å². The molecule has 1 aromatic carbocycles. The topological polar surface area (TPSA) is 73.9 Å². The summed E-state index contributed by atoms with van der Waals surface area (Å²) < 4.78 is 1.92. The minimum Gasteiger partial charge on any atom is -0.392 e. The number of anilines is 1. The number of nitrogens with one attached hydrogen (secondary N) is 1. The maximum Gasteiger partial charge on any atom is 0.128 e. The van der Waals surface area contributed by atoms with Gasteiger partial charge < -0.3 is 15.0 Å². The van der Waals surface area contributed by atoms with Crippen molar-refractivity contribution in [2.75, 3.05) is 11.9 Å². The minimum absolute atomic E-state index is 0.0225. The van der Waals surface area contributed by atoms with Crippen molar-refractivity contribution in [1.82, 2.24) is 9.55 Å². The fourth-order valence-corrected chi connectivity index (χ4v) is 2.12. The maximum absolute atomic E-state index is 9.26. The van der Waals surface area contributed by atoms with Gasteiger partial charge in [-0.05, 0) is 42.8 Å². The van der Waals surface area contributed by atoms with Crippen LogP contribution in [0.1, 0.15) is 18.3 Å². The van der Waals surface area contributed by atoms with Crippen molar-refractivity contribution in [2.45, 2.75) is 13.5 Å². The second-order valence-electron chi connectivity index (χ2n) is 5.13. The summed E-state index contributed by atoms with van der Waals surface area (Å²) in [5.74, 6) is 0.846. The lowest BCUT2D eigenvalue weighted by Crippen LogP contribution is -2.27. The molecule has 2 N–H and O–H groups in total. The van der Waals surface area contributed by atoms with Gasteiger partial charge in [0.15, 0.2) is 0 Å². The predicted molar refractivity (Wildman–Crippen MR) is 91.8 cm³/mol. The zero-order valence-corrected chi connectivity index (χ0v) is 13.4. The molecular weight excluding hydrogens is 288 g/mol. The molecule has 0 saturated carbocycles. The van der Waals surface area contributed by atoms with Crippen LogP contribution >= 0.6 is 0 Å². The van der Waals surface area contributed by atoms with Crippen molar-refractivity contribution in [3.05, 3.63) is 58.0 Å². The van der Waals surface area contributed by atoms with Gasteiger partial charge in [0.25, 0.3) is 0 Å². The summed E-state index contributed by atoms with van der Waals surface area (Å²) in [6.45, 7) is 6.43. The van der Waals surface area contributed by atoms with E-state index in [0.717, 1.165) is 27.8 Å². The van der Waals surface area contributed by atoms with Crippen molar-refractivity contribution in [3.63, 3.8) is 0 Å². The third-order valence-electron chi connectivity index (χ3n) is 3.68. The number of nitriles is 1. The van der Waals surface area contributed by atoms with Crippen LogP contribution in [-0.4, -0.2) is 21.3 Å². The normalized spacial score (nSPS) is 12.3. The number of rotatable bonds is 5. The lowest BCUT2D eigenvalue weighted by atomic mass is 10.2. The Balaban J connectivity index is 2.21. The summed E-state index contributed by atoms with van der Waals surface area (Å²) in [6.07, 6.45) is 3.69. The highest BCUT2D eigenvalue weighted by Crippen LogP contribution is 2.09. The number of benzene rings is 1. The standard InChI is InChI=1S/C18H20N4O/c1-4-14(12-23)9-17-13(2)22(3)18(21-17)11-20-16-7-5-15(10-19)6-8-16/h4-9,20,23H,2,11-12H2,1,3H3/b14-4+,17-9+. The average Bonchev–Trinajstić information content (AvgIpc) is 2.86. The Labute approximate surface area is 135 Å². The molecule has 0 aliphatic heterocycles. The molecule has 0 bridgehead atoms. The molecule has 0 unspecified atom stereocenters. The van der Waals surface area contributed by atoms with E-state index >= 15 is 0 Å². The average molecular weight is 308 g/mol. The number of hydrogen-bond acceptors (Lipinski definition) is 4. The van der Waals surface area contributed by atoms with Gasteiger partial charge in [-0.3, -0.25) is 0 Å². The molecule has 1 aromatic heterocycles. The second kappa shape index (κ2) is 7.43. The van der Waals surface area contributed by atoms with E-state index < -0.39 is 0 Å². The van der Waals surface area contributed by atoms with Gasteiger partial charge in [-0.2, -0.15) is 5.26 Å². The van der Waals surface area contributed by atoms with Gasteiger partial charge >= 0.3 is 0 Å². The quantitative estimate of drug-likeness (QED) is 0.865. The molecule has 0 fully saturated rings. The van der Waals surface area contributed by atoms with Gasteiger partial charge in [0.1, 0.15) is 5.82 Å². The zero-order chi connectivity index (χ0) is 16.8. The van der Waals surface area contributed by atoms with Crippen molar-refractivity contribution < 1.29 is 5.11 Å². The van der Waals surface area contributed by atoms with Crippen LogP contribution in [0.5, 0.6) is 0 Å². The highest BCUT2D eigenvalue weighted by molar-refractivity contribution is 5.47. The number of imidazole rings is 1. The Morgan fingerprint density at radius 1 is 1.43 bits per heavy atom. The zero-order valence-electron chi connectivity index (χ0n) is 13.4. The number of aliphatic hydroxyl groups excluding tert-OH is 1. The van der Waals surface area contributed by atoms with Crippen LogP contribution in [0.4, 0.5) is 5.69 Å². The Morgan fingerprint density at radius 3 is 2.70 bits per heavy atom. The second-order valence-corrected chi connectivity index (χ2v) is 5.13. The lowest BCUT2D eigenvalue weighted by molar-refractivity contribution is 0.336. The van der Waals surface area contributed by atoms with E-state index in [1.54, 1.807) is 12.1 Å². The monoisotopic (exact) mass is 308 g/mol. The van der Waals surface area contributed by atoms with E-state index in [9.17, 15) is 5.11 Å². The summed E-state index contributed by atoms with van der Waals surface area (Å²) in [6, 6.07) is 9.36. The Morgan fingerprint density at radius 2 is 2.13 bits per heavy atom. The van der Waals surface area contributed by atoms with Crippen LogP contribution in [0.15, 0.2) is 35.9 Å². The molecule has 5 heteroatoms. The Hall–Kier alpha value is -2.84. The van der Waals surface area contributed by atoms with Gasteiger partial charge in [0.2, 0.25) is 0 Å². The summed E-state index contributed by atoms with van der Waals surface area (Å²) in [5.41, 5.74) is 2.36. The van der Waals surface area contributed by atoms with Crippen LogP contribution in [0, 0.1) is 11.3 Å². The number of nitrogens with zero attached hydrogens (tertiary/aromatic N) is 3. The molecule has 5 nitrogen and oxygen atoms in total. The van der Waals surface area contributed by atoms with E-state index in [-0.39, 0.29) is 6.61 Å². The van der Waals surface area contributed by atoms with E-state index in [0.29, 0.717) is 12.1 Å². The summed E-state index contributed by atoms with van der Waals surface area (Å²) in [5, 5.41) is 22.9. The van der Waals surface area contributed by atoms with Gasteiger partial charge in [-0.1, -0.05) is 12.7 Å². The van der Waals surface area contributed by atoms with Crippen LogP contribution in [0.2, 0.25) is 0 Å². The summed E-state index contributed by atoms with van der Waals surface area (Å²) >= 11 is 0. The Kier molecular flexibility index (Phi) is 5.34. The third-order valence-corrected chi connectivity index (χ3v) is 3.68. The van der Waals surface area contributed by atoms with Gasteiger partial charge in [-0.15, -0.1) is 0 Å². The van der Waals surface area contributed by atoms with Crippen LogP contribution in [0.3, 0.4) is 0 Å². The van der Waals surface area contributed by atoms with Gasteiger partial charge in [-0.25, -0.2) is 4.98 Å². The highest BCUT2D eigenvalue weighted by atomic mass is 16.3. The molecule has 0 atom stereocenters. The first-order valence-corrected chi connectivity index (χ1v) is 7.31. The molecule has 0 saturated heterocycles. The molecule has 0 radical (unpaired) electrons. The van der Waals surface area contributed by atoms with Gasteiger partial charge in [0.05, 0.1) is 35.5 Å². The molecule has 0 amide bonds. The number of aromatic nitrogens is 2. The van der Waals surface area contributed by atoms with Crippen LogP contribution in [-0.2, 0) is 13.6 Å².